The van der Waals surface area contributed by atoms with Gasteiger partial charge < -0.3 is 9.64 Å². The number of rotatable bonds is 3. The van der Waals surface area contributed by atoms with Crippen LogP contribution in [-0.4, -0.2) is 51.5 Å². The van der Waals surface area contributed by atoms with Crippen molar-refractivity contribution >= 4 is 49.1 Å². The van der Waals surface area contributed by atoms with Gasteiger partial charge in [0.15, 0.2) is 0 Å². The number of halogens is 2. The number of morpholine rings is 1. The van der Waals surface area contributed by atoms with E-state index in [1.165, 1.54) is 22.5 Å². The highest BCUT2D eigenvalue weighted by atomic mass is 79.9. The standard InChI is InChI=1S/C20H20BrClN2O4S/c21-15-3-6-19-14(12-15)2-1-7-24(19)20(25)17-13-16(4-5-18(17)22)29(26,27)23-8-10-28-11-9-23/h3-6,12-13H,1-2,7-11H2. The first kappa shape index (κ1) is 20.8. The van der Waals surface area contributed by atoms with Gasteiger partial charge in [-0.15, -0.1) is 0 Å². The highest BCUT2D eigenvalue weighted by Crippen LogP contribution is 2.32. The summed E-state index contributed by atoms with van der Waals surface area (Å²) in [6.07, 6.45) is 1.72. The number of fused-ring (bicyclic) bond motifs is 1. The molecule has 2 aromatic rings. The first-order chi connectivity index (χ1) is 13.9. The van der Waals surface area contributed by atoms with Gasteiger partial charge in [0, 0.05) is 29.8 Å². The molecular formula is C20H20BrClN2O4S. The highest BCUT2D eigenvalue weighted by Gasteiger charge is 2.30. The molecule has 154 valence electrons. The lowest BCUT2D eigenvalue weighted by atomic mass is 10.0. The molecule has 0 aliphatic carbocycles. The zero-order valence-corrected chi connectivity index (χ0v) is 18.8. The summed E-state index contributed by atoms with van der Waals surface area (Å²) in [6.45, 7) is 1.87. The van der Waals surface area contributed by atoms with Gasteiger partial charge in [0.25, 0.3) is 5.91 Å². The van der Waals surface area contributed by atoms with E-state index in [0.29, 0.717) is 32.8 Å². The van der Waals surface area contributed by atoms with Gasteiger partial charge in [-0.2, -0.15) is 4.31 Å². The minimum Gasteiger partial charge on any atom is -0.379 e. The molecule has 0 bridgehead atoms. The first-order valence-electron chi connectivity index (χ1n) is 9.35. The lowest BCUT2D eigenvalue weighted by molar-refractivity contribution is 0.0730. The molecule has 2 heterocycles. The number of ether oxygens (including phenoxy) is 1. The van der Waals surface area contributed by atoms with E-state index in [-0.39, 0.29) is 21.4 Å². The molecule has 9 heteroatoms. The number of hydrogen-bond acceptors (Lipinski definition) is 4. The molecule has 1 fully saturated rings. The SMILES string of the molecule is O=C(c1cc(S(=O)(=O)N2CCOCC2)ccc1Cl)N1CCCc2cc(Br)ccc21. The average Bonchev–Trinajstić information content (AvgIpc) is 2.73. The van der Waals surface area contributed by atoms with Crippen molar-refractivity contribution in [3.8, 4) is 0 Å². The fourth-order valence-corrected chi connectivity index (χ4v) is 5.73. The van der Waals surface area contributed by atoms with E-state index in [0.717, 1.165) is 28.6 Å². The maximum absolute atomic E-state index is 13.3. The molecule has 0 N–H and O–H groups in total. The highest BCUT2D eigenvalue weighted by molar-refractivity contribution is 9.10. The van der Waals surface area contributed by atoms with Crippen LogP contribution in [0.3, 0.4) is 0 Å². The molecule has 0 saturated carbocycles. The zero-order valence-electron chi connectivity index (χ0n) is 15.6. The van der Waals surface area contributed by atoms with Crippen molar-refractivity contribution in [1.82, 2.24) is 4.31 Å². The summed E-state index contributed by atoms with van der Waals surface area (Å²) in [5, 5.41) is 0.236. The van der Waals surface area contributed by atoms with Crippen LogP contribution in [0.25, 0.3) is 0 Å². The summed E-state index contributed by atoms with van der Waals surface area (Å²) in [7, 11) is -3.71. The maximum Gasteiger partial charge on any atom is 0.259 e. The monoisotopic (exact) mass is 498 g/mol. The average molecular weight is 500 g/mol. The van der Waals surface area contributed by atoms with E-state index >= 15 is 0 Å². The molecule has 29 heavy (non-hydrogen) atoms. The Hall–Kier alpha value is -1.45. The van der Waals surface area contributed by atoms with Crippen LogP contribution < -0.4 is 4.90 Å². The van der Waals surface area contributed by atoms with Crippen molar-refractivity contribution in [2.45, 2.75) is 17.7 Å². The lowest BCUT2D eigenvalue weighted by Gasteiger charge is -2.30. The van der Waals surface area contributed by atoms with E-state index in [2.05, 4.69) is 15.9 Å². The summed E-state index contributed by atoms with van der Waals surface area (Å²) in [4.78, 5) is 15.1. The van der Waals surface area contributed by atoms with Crippen molar-refractivity contribution in [3.63, 3.8) is 0 Å². The van der Waals surface area contributed by atoms with Gasteiger partial charge in [-0.1, -0.05) is 27.5 Å². The fraction of sp³-hybridized carbons (Fsp3) is 0.350. The van der Waals surface area contributed by atoms with Crippen LogP contribution in [-0.2, 0) is 21.2 Å². The van der Waals surface area contributed by atoms with Gasteiger partial charge in [-0.05, 0) is 54.8 Å². The van der Waals surface area contributed by atoms with Gasteiger partial charge in [0.1, 0.15) is 0 Å². The predicted molar refractivity (Wildman–Crippen MR) is 115 cm³/mol. The predicted octanol–water partition coefficient (Wildman–Crippen LogP) is 3.72. The molecule has 2 aliphatic heterocycles. The van der Waals surface area contributed by atoms with Crippen molar-refractivity contribution in [2.75, 3.05) is 37.7 Å². The topological polar surface area (TPSA) is 66.9 Å². The van der Waals surface area contributed by atoms with Crippen molar-refractivity contribution in [1.29, 1.82) is 0 Å². The number of anilines is 1. The largest absolute Gasteiger partial charge is 0.379 e. The van der Waals surface area contributed by atoms with Crippen molar-refractivity contribution in [2.24, 2.45) is 0 Å². The Morgan fingerprint density at radius 3 is 2.59 bits per heavy atom. The molecule has 0 unspecified atom stereocenters. The second kappa shape index (κ2) is 8.35. The molecule has 0 spiro atoms. The minimum absolute atomic E-state index is 0.0696. The molecule has 0 atom stereocenters. The Balaban J connectivity index is 1.69. The van der Waals surface area contributed by atoms with Gasteiger partial charge in [-0.25, -0.2) is 8.42 Å². The smallest absolute Gasteiger partial charge is 0.259 e. The Labute approximate surface area is 183 Å². The number of benzene rings is 2. The summed E-state index contributed by atoms with van der Waals surface area (Å²) < 4.78 is 33.5. The Morgan fingerprint density at radius 2 is 1.83 bits per heavy atom. The van der Waals surface area contributed by atoms with Crippen LogP contribution in [0.15, 0.2) is 45.8 Å². The number of carbonyl (C=O) groups is 1. The minimum atomic E-state index is -3.71. The van der Waals surface area contributed by atoms with Gasteiger partial charge in [-0.3, -0.25) is 4.79 Å². The Bertz CT molecular complexity index is 1050. The molecule has 2 aromatic carbocycles. The van der Waals surface area contributed by atoms with Crippen LogP contribution >= 0.6 is 27.5 Å². The van der Waals surface area contributed by atoms with Crippen LogP contribution in [0.5, 0.6) is 0 Å². The van der Waals surface area contributed by atoms with E-state index in [9.17, 15) is 13.2 Å². The number of nitrogens with zero attached hydrogens (tertiary/aromatic N) is 2. The molecule has 0 radical (unpaired) electrons. The van der Waals surface area contributed by atoms with Crippen molar-refractivity contribution in [3.05, 3.63) is 57.0 Å². The summed E-state index contributed by atoms with van der Waals surface area (Å²) in [6, 6.07) is 10.1. The van der Waals surface area contributed by atoms with Crippen LogP contribution in [0.1, 0.15) is 22.3 Å². The fourth-order valence-electron chi connectivity index (χ4n) is 3.69. The third-order valence-electron chi connectivity index (χ3n) is 5.18. The van der Waals surface area contributed by atoms with E-state index in [4.69, 9.17) is 16.3 Å². The van der Waals surface area contributed by atoms with Crippen molar-refractivity contribution < 1.29 is 17.9 Å². The third kappa shape index (κ3) is 4.09. The van der Waals surface area contributed by atoms with E-state index in [1.54, 1.807) is 4.90 Å². The maximum atomic E-state index is 13.3. The second-order valence-electron chi connectivity index (χ2n) is 6.99. The molecule has 4 rings (SSSR count). The van der Waals surface area contributed by atoms with Crippen LogP contribution in [0.2, 0.25) is 5.02 Å². The van der Waals surface area contributed by atoms with Gasteiger partial charge in [0.05, 0.1) is 28.7 Å². The number of carbonyl (C=O) groups excluding carboxylic acids is 1. The Kier molecular flexibility index (Phi) is 5.99. The molecule has 1 saturated heterocycles. The normalized spacial score (nSPS) is 17.8. The van der Waals surface area contributed by atoms with Gasteiger partial charge >= 0.3 is 0 Å². The number of hydrogen-bond donors (Lipinski definition) is 0. The third-order valence-corrected chi connectivity index (χ3v) is 7.90. The second-order valence-corrected chi connectivity index (χ2v) is 10.3. The van der Waals surface area contributed by atoms with Gasteiger partial charge in [0.2, 0.25) is 10.0 Å². The number of aryl methyl sites for hydroxylation is 1. The lowest BCUT2D eigenvalue weighted by Crippen LogP contribution is -2.40. The van der Waals surface area contributed by atoms with Crippen LogP contribution in [0.4, 0.5) is 5.69 Å². The number of sulfonamides is 1. The molecular weight excluding hydrogens is 480 g/mol. The summed E-state index contributed by atoms with van der Waals surface area (Å²) in [5.74, 6) is -0.294. The quantitative estimate of drug-likeness (QED) is 0.646. The first-order valence-corrected chi connectivity index (χ1v) is 12.0. The summed E-state index contributed by atoms with van der Waals surface area (Å²) in [5.41, 5.74) is 2.10. The molecule has 1 amide bonds. The van der Waals surface area contributed by atoms with Crippen LogP contribution in [0, 0.1) is 0 Å². The summed E-state index contributed by atoms with van der Waals surface area (Å²) >= 11 is 9.78. The molecule has 6 nitrogen and oxygen atoms in total. The van der Waals surface area contributed by atoms with E-state index < -0.39 is 10.0 Å². The Morgan fingerprint density at radius 1 is 1.07 bits per heavy atom. The number of amides is 1. The molecule has 0 aromatic heterocycles. The molecule has 2 aliphatic rings. The zero-order chi connectivity index (χ0) is 20.6. The van der Waals surface area contributed by atoms with E-state index in [1.807, 2.05) is 18.2 Å².